The van der Waals surface area contributed by atoms with Crippen molar-refractivity contribution in [1.82, 2.24) is 9.21 Å². The number of ether oxygens (including phenoxy) is 1. The molecule has 3 rings (SSSR count). The molecular weight excluding hydrogens is 361 g/mol. The number of aryl methyl sites for hydroxylation is 1. The van der Waals surface area contributed by atoms with Gasteiger partial charge in [-0.15, -0.1) is 0 Å². The molecule has 1 N–H and O–H groups in total. The molecule has 0 radical (unpaired) electrons. The third-order valence-electron chi connectivity index (χ3n) is 4.97. The van der Waals surface area contributed by atoms with Crippen LogP contribution in [0.1, 0.15) is 24.8 Å². The summed E-state index contributed by atoms with van der Waals surface area (Å²) in [6.07, 6.45) is 2.12. The second kappa shape index (κ2) is 7.40. The highest BCUT2D eigenvalue weighted by molar-refractivity contribution is 7.89. The zero-order valence-corrected chi connectivity index (χ0v) is 15.8. The van der Waals surface area contributed by atoms with E-state index in [1.807, 2.05) is 0 Å². The molecule has 7 nitrogen and oxygen atoms in total. The van der Waals surface area contributed by atoms with Gasteiger partial charge in [-0.1, -0.05) is 0 Å². The van der Waals surface area contributed by atoms with E-state index in [2.05, 4.69) is 5.32 Å². The Labute approximate surface area is 153 Å². The fourth-order valence-corrected chi connectivity index (χ4v) is 5.35. The van der Waals surface area contributed by atoms with Gasteiger partial charge in [0.1, 0.15) is 0 Å². The minimum absolute atomic E-state index is 0.123. The van der Waals surface area contributed by atoms with Gasteiger partial charge in [-0.3, -0.25) is 0 Å². The Bertz CT molecular complexity index is 799. The lowest BCUT2D eigenvalue weighted by Gasteiger charge is -2.36. The van der Waals surface area contributed by atoms with Gasteiger partial charge in [-0.05, 0) is 37.8 Å². The molecule has 1 aromatic carbocycles. The van der Waals surface area contributed by atoms with Crippen molar-refractivity contribution >= 4 is 21.7 Å². The summed E-state index contributed by atoms with van der Waals surface area (Å²) in [5, 5.41) is 2.73. The molecule has 0 saturated carbocycles. The first kappa shape index (κ1) is 18.9. The van der Waals surface area contributed by atoms with E-state index in [0.717, 1.165) is 12.8 Å². The standard InChI is InChI=1S/C17H24FN3O4S/c1-12-9-16(25-2)14(18)10-15(12)19-17(22)20-6-3-5-13(11-20)21-7-4-8-26(21,23)24/h9-10,13H,3-8,11H2,1-2H3,(H,19,22). The first-order chi connectivity index (χ1) is 12.3. The molecule has 2 aliphatic heterocycles. The predicted octanol–water partition coefficient (Wildman–Crippen LogP) is 2.17. The van der Waals surface area contributed by atoms with E-state index < -0.39 is 15.8 Å². The average Bonchev–Trinajstić information content (AvgIpc) is 2.97. The van der Waals surface area contributed by atoms with Crippen molar-refractivity contribution in [2.75, 3.05) is 37.8 Å². The number of amides is 2. The Morgan fingerprint density at radius 3 is 2.73 bits per heavy atom. The molecule has 1 aromatic rings. The maximum Gasteiger partial charge on any atom is 0.321 e. The number of methoxy groups -OCH3 is 1. The molecule has 2 amide bonds. The maximum atomic E-state index is 13.9. The molecule has 1 atom stereocenters. The summed E-state index contributed by atoms with van der Waals surface area (Å²) in [6, 6.07) is 2.23. The van der Waals surface area contributed by atoms with E-state index in [-0.39, 0.29) is 23.6 Å². The molecule has 2 aliphatic rings. The zero-order chi connectivity index (χ0) is 18.9. The van der Waals surface area contributed by atoms with E-state index in [0.29, 0.717) is 37.3 Å². The number of benzene rings is 1. The summed E-state index contributed by atoms with van der Waals surface area (Å²) in [7, 11) is -1.82. The summed E-state index contributed by atoms with van der Waals surface area (Å²) in [5.74, 6) is -0.245. The van der Waals surface area contributed by atoms with Gasteiger partial charge in [0.2, 0.25) is 10.0 Å². The Hall–Kier alpha value is -1.87. The first-order valence-corrected chi connectivity index (χ1v) is 10.3. The number of likely N-dealkylation sites (tertiary alicyclic amines) is 1. The zero-order valence-electron chi connectivity index (χ0n) is 15.0. The molecule has 26 heavy (non-hydrogen) atoms. The number of nitrogens with zero attached hydrogens (tertiary/aromatic N) is 2. The Morgan fingerprint density at radius 1 is 1.31 bits per heavy atom. The van der Waals surface area contributed by atoms with Crippen molar-refractivity contribution in [3.05, 3.63) is 23.5 Å². The van der Waals surface area contributed by atoms with Crippen molar-refractivity contribution in [3.8, 4) is 5.75 Å². The Balaban J connectivity index is 1.69. The summed E-state index contributed by atoms with van der Waals surface area (Å²) in [4.78, 5) is 14.2. The van der Waals surface area contributed by atoms with Crippen LogP contribution < -0.4 is 10.1 Å². The van der Waals surface area contributed by atoms with Crippen molar-refractivity contribution in [3.63, 3.8) is 0 Å². The summed E-state index contributed by atoms with van der Waals surface area (Å²) < 4.78 is 44.6. The fourth-order valence-electron chi connectivity index (χ4n) is 3.58. The highest BCUT2D eigenvalue weighted by atomic mass is 32.2. The molecule has 144 valence electrons. The number of halogens is 1. The molecule has 0 aromatic heterocycles. The minimum Gasteiger partial charge on any atom is -0.494 e. The fraction of sp³-hybridized carbons (Fsp3) is 0.588. The van der Waals surface area contributed by atoms with E-state index in [1.54, 1.807) is 11.8 Å². The summed E-state index contributed by atoms with van der Waals surface area (Å²) >= 11 is 0. The van der Waals surface area contributed by atoms with Crippen LogP contribution in [0.2, 0.25) is 0 Å². The topological polar surface area (TPSA) is 79.0 Å². The van der Waals surface area contributed by atoms with Crippen LogP contribution in [0.5, 0.6) is 5.75 Å². The highest BCUT2D eigenvalue weighted by Crippen LogP contribution is 2.27. The number of rotatable bonds is 3. The van der Waals surface area contributed by atoms with Crippen LogP contribution in [0, 0.1) is 12.7 Å². The number of nitrogens with one attached hydrogen (secondary N) is 1. The van der Waals surface area contributed by atoms with E-state index in [9.17, 15) is 17.6 Å². The second-order valence-corrected chi connectivity index (χ2v) is 8.80. The quantitative estimate of drug-likeness (QED) is 0.865. The molecular formula is C17H24FN3O4S. The summed E-state index contributed by atoms with van der Waals surface area (Å²) in [6.45, 7) is 3.18. The monoisotopic (exact) mass is 385 g/mol. The number of urea groups is 1. The first-order valence-electron chi connectivity index (χ1n) is 8.71. The molecule has 9 heteroatoms. The molecule has 0 bridgehead atoms. The lowest BCUT2D eigenvalue weighted by Crippen LogP contribution is -2.51. The van der Waals surface area contributed by atoms with E-state index in [4.69, 9.17) is 4.74 Å². The van der Waals surface area contributed by atoms with E-state index >= 15 is 0 Å². The number of carbonyl (C=O) groups excluding carboxylic acids is 1. The van der Waals surface area contributed by atoms with Gasteiger partial charge in [-0.25, -0.2) is 17.6 Å². The highest BCUT2D eigenvalue weighted by Gasteiger charge is 2.37. The number of piperidine rings is 1. The summed E-state index contributed by atoms with van der Waals surface area (Å²) in [5.41, 5.74) is 1.07. The molecule has 0 spiro atoms. The van der Waals surface area contributed by atoms with Crippen molar-refractivity contribution in [2.24, 2.45) is 0 Å². The molecule has 2 saturated heterocycles. The van der Waals surface area contributed by atoms with E-state index in [1.165, 1.54) is 23.5 Å². The van der Waals surface area contributed by atoms with Crippen molar-refractivity contribution < 1.29 is 22.3 Å². The van der Waals surface area contributed by atoms with Crippen LogP contribution in [0.25, 0.3) is 0 Å². The molecule has 2 fully saturated rings. The number of sulfonamides is 1. The lowest BCUT2D eigenvalue weighted by molar-refractivity contribution is 0.163. The van der Waals surface area contributed by atoms with Gasteiger partial charge >= 0.3 is 6.03 Å². The largest absolute Gasteiger partial charge is 0.494 e. The number of carbonyl (C=O) groups is 1. The maximum absolute atomic E-state index is 13.9. The lowest BCUT2D eigenvalue weighted by atomic mass is 10.1. The van der Waals surface area contributed by atoms with Crippen molar-refractivity contribution in [1.29, 1.82) is 0 Å². The van der Waals surface area contributed by atoms with Gasteiger partial charge in [0.15, 0.2) is 11.6 Å². The number of hydrogen-bond acceptors (Lipinski definition) is 4. The predicted molar refractivity (Wildman–Crippen MR) is 96.4 cm³/mol. The van der Waals surface area contributed by atoms with Gasteiger partial charge in [0, 0.05) is 37.4 Å². The van der Waals surface area contributed by atoms with Crippen LogP contribution in [0.4, 0.5) is 14.9 Å². The number of anilines is 1. The second-order valence-electron chi connectivity index (χ2n) is 6.75. The van der Waals surface area contributed by atoms with Gasteiger partial charge in [-0.2, -0.15) is 4.31 Å². The molecule has 0 aliphatic carbocycles. The van der Waals surface area contributed by atoms with Crippen LogP contribution in [-0.2, 0) is 10.0 Å². The smallest absolute Gasteiger partial charge is 0.321 e. The van der Waals surface area contributed by atoms with Crippen molar-refractivity contribution in [2.45, 2.75) is 32.2 Å². The minimum atomic E-state index is -3.20. The van der Waals surface area contributed by atoms with Crippen LogP contribution in [0.15, 0.2) is 12.1 Å². The van der Waals surface area contributed by atoms with Gasteiger partial charge < -0.3 is 15.0 Å². The number of hydrogen-bond donors (Lipinski definition) is 1. The molecule has 2 heterocycles. The molecule has 1 unspecified atom stereocenters. The SMILES string of the molecule is COc1cc(C)c(NC(=O)N2CCCC(N3CCCS3(=O)=O)C2)cc1F. The average molecular weight is 385 g/mol. The Kier molecular flexibility index (Phi) is 5.38. The third-order valence-corrected chi connectivity index (χ3v) is 6.97. The van der Waals surface area contributed by atoms with Gasteiger partial charge in [0.25, 0.3) is 0 Å². The van der Waals surface area contributed by atoms with Crippen LogP contribution in [0.3, 0.4) is 0 Å². The third kappa shape index (κ3) is 3.78. The normalized spacial score (nSPS) is 23.0. The van der Waals surface area contributed by atoms with Crippen LogP contribution >= 0.6 is 0 Å². The Morgan fingerprint density at radius 2 is 2.08 bits per heavy atom. The van der Waals surface area contributed by atoms with Crippen LogP contribution in [-0.4, -0.2) is 62.2 Å². The van der Waals surface area contributed by atoms with Gasteiger partial charge in [0.05, 0.1) is 12.9 Å².